The lowest BCUT2D eigenvalue weighted by Gasteiger charge is -2.31. The Kier molecular flexibility index (Phi) is 5.65. The average Bonchev–Trinajstić information content (AvgIpc) is 3.12. The Morgan fingerprint density at radius 3 is 2.33 bits per heavy atom. The second kappa shape index (κ2) is 8.69. The van der Waals surface area contributed by atoms with Crippen LogP contribution in [0.25, 0.3) is 6.08 Å². The van der Waals surface area contributed by atoms with Crippen LogP contribution in [-0.4, -0.2) is 37.4 Å². The maximum Gasteiger partial charge on any atom is 0.0642 e. The van der Waals surface area contributed by atoms with Gasteiger partial charge in [-0.15, -0.1) is 0 Å². The van der Waals surface area contributed by atoms with Crippen LogP contribution in [0.4, 0.5) is 5.69 Å². The molecule has 1 fully saturated rings. The molecule has 27 heavy (non-hydrogen) atoms. The van der Waals surface area contributed by atoms with Gasteiger partial charge in [0.1, 0.15) is 0 Å². The lowest BCUT2D eigenvalue weighted by atomic mass is 10.1. The molecule has 0 radical (unpaired) electrons. The summed E-state index contributed by atoms with van der Waals surface area (Å²) in [6.45, 7) is 3.44. The molecule has 2 aromatic rings. The van der Waals surface area contributed by atoms with E-state index in [1.165, 1.54) is 22.4 Å². The van der Waals surface area contributed by atoms with Gasteiger partial charge in [-0.3, -0.25) is 5.43 Å². The molecule has 2 aromatic carbocycles. The van der Waals surface area contributed by atoms with Crippen molar-refractivity contribution in [2.75, 3.05) is 31.7 Å². The second-order valence-corrected chi connectivity index (χ2v) is 6.79. The third-order valence-electron chi connectivity index (χ3n) is 4.93. The first kappa shape index (κ1) is 17.6. The summed E-state index contributed by atoms with van der Waals surface area (Å²) in [4.78, 5) is 2.45. The predicted molar refractivity (Wildman–Crippen MR) is 112 cm³/mol. The van der Waals surface area contributed by atoms with Crippen molar-refractivity contribution in [3.8, 4) is 0 Å². The molecular formula is C23H25N3O. The molecule has 4 heteroatoms. The van der Waals surface area contributed by atoms with E-state index in [4.69, 9.17) is 4.74 Å². The van der Waals surface area contributed by atoms with E-state index in [1.54, 1.807) is 0 Å². The van der Waals surface area contributed by atoms with Crippen LogP contribution in [0.2, 0.25) is 0 Å². The summed E-state index contributed by atoms with van der Waals surface area (Å²) in [7, 11) is 0. The van der Waals surface area contributed by atoms with Gasteiger partial charge in [0.15, 0.2) is 0 Å². The van der Waals surface area contributed by atoms with Crippen molar-refractivity contribution >= 4 is 18.0 Å². The van der Waals surface area contributed by atoms with Crippen molar-refractivity contribution in [3.63, 3.8) is 0 Å². The zero-order valence-corrected chi connectivity index (χ0v) is 15.5. The number of ether oxygens (including phenoxy) is 1. The quantitative estimate of drug-likeness (QED) is 0.629. The largest absolute Gasteiger partial charge is 0.378 e. The van der Waals surface area contributed by atoms with Crippen LogP contribution < -0.4 is 5.43 Å². The van der Waals surface area contributed by atoms with E-state index in [1.807, 2.05) is 36.5 Å². The van der Waals surface area contributed by atoms with E-state index < -0.39 is 0 Å². The van der Waals surface area contributed by atoms with Gasteiger partial charge in [0.2, 0.25) is 0 Å². The lowest BCUT2D eigenvalue weighted by Crippen LogP contribution is -2.36. The zero-order chi connectivity index (χ0) is 18.3. The Labute approximate surface area is 160 Å². The van der Waals surface area contributed by atoms with Gasteiger partial charge in [-0.05, 0) is 47.8 Å². The summed E-state index contributed by atoms with van der Waals surface area (Å²) in [6.07, 6.45) is 6.37. The molecule has 0 aromatic heterocycles. The minimum Gasteiger partial charge on any atom is -0.378 e. The maximum absolute atomic E-state index is 5.56. The normalized spacial score (nSPS) is 19.3. The molecule has 1 aliphatic carbocycles. The minimum atomic E-state index is 0.787. The first-order chi connectivity index (χ1) is 13.4. The molecular weight excluding hydrogens is 334 g/mol. The molecule has 4 rings (SSSR count). The van der Waals surface area contributed by atoms with Gasteiger partial charge in [0, 0.05) is 18.8 Å². The molecule has 0 unspecified atom stereocenters. The lowest BCUT2D eigenvalue weighted by molar-refractivity contribution is 0.0548. The zero-order valence-electron chi connectivity index (χ0n) is 15.5. The number of anilines is 1. The molecule has 0 amide bonds. The Morgan fingerprint density at radius 2 is 1.59 bits per heavy atom. The SMILES string of the molecule is C(=N/Nc1ccccc1)/C1=C(N2CCOCC2)C(=C/c2ccccc2)/CC1. The molecule has 0 saturated carbocycles. The number of allylic oxidation sites excluding steroid dienone is 2. The number of para-hydroxylation sites is 1. The van der Waals surface area contributed by atoms with Crippen LogP contribution in [0, 0.1) is 0 Å². The molecule has 138 valence electrons. The van der Waals surface area contributed by atoms with Gasteiger partial charge in [0.05, 0.1) is 25.1 Å². The smallest absolute Gasteiger partial charge is 0.0642 e. The van der Waals surface area contributed by atoms with Crippen molar-refractivity contribution in [2.45, 2.75) is 12.8 Å². The molecule has 0 atom stereocenters. The van der Waals surface area contributed by atoms with E-state index in [0.29, 0.717) is 0 Å². The molecule has 1 N–H and O–H groups in total. The van der Waals surface area contributed by atoms with Crippen molar-refractivity contribution < 1.29 is 4.74 Å². The van der Waals surface area contributed by atoms with Crippen molar-refractivity contribution in [2.24, 2.45) is 5.10 Å². The number of morpholine rings is 1. The maximum atomic E-state index is 5.56. The summed E-state index contributed by atoms with van der Waals surface area (Å²) in [5.74, 6) is 0. The minimum absolute atomic E-state index is 0.787. The number of rotatable bonds is 5. The van der Waals surface area contributed by atoms with Crippen LogP contribution >= 0.6 is 0 Å². The molecule has 1 saturated heterocycles. The van der Waals surface area contributed by atoms with Gasteiger partial charge < -0.3 is 9.64 Å². The number of nitrogens with zero attached hydrogens (tertiary/aromatic N) is 2. The molecule has 2 aliphatic rings. The van der Waals surface area contributed by atoms with Crippen LogP contribution in [0.3, 0.4) is 0 Å². The van der Waals surface area contributed by atoms with Gasteiger partial charge in [-0.2, -0.15) is 5.10 Å². The molecule has 1 heterocycles. The molecule has 0 bridgehead atoms. The predicted octanol–water partition coefficient (Wildman–Crippen LogP) is 4.55. The summed E-state index contributed by atoms with van der Waals surface area (Å²) in [6, 6.07) is 20.6. The summed E-state index contributed by atoms with van der Waals surface area (Å²) in [5, 5.41) is 4.49. The third-order valence-corrected chi connectivity index (χ3v) is 4.93. The highest BCUT2D eigenvalue weighted by Gasteiger charge is 2.25. The Balaban J connectivity index is 1.60. The van der Waals surface area contributed by atoms with Crippen LogP contribution in [-0.2, 0) is 4.74 Å². The molecule has 4 nitrogen and oxygen atoms in total. The van der Waals surface area contributed by atoms with Crippen LogP contribution in [0.5, 0.6) is 0 Å². The fourth-order valence-electron chi connectivity index (χ4n) is 3.62. The van der Waals surface area contributed by atoms with Crippen molar-refractivity contribution in [1.29, 1.82) is 0 Å². The number of hydrogen-bond donors (Lipinski definition) is 1. The van der Waals surface area contributed by atoms with E-state index in [9.17, 15) is 0 Å². The van der Waals surface area contributed by atoms with Gasteiger partial charge >= 0.3 is 0 Å². The Hall–Kier alpha value is -2.85. The summed E-state index contributed by atoms with van der Waals surface area (Å²) < 4.78 is 5.56. The fraction of sp³-hybridized carbons (Fsp3) is 0.261. The van der Waals surface area contributed by atoms with E-state index in [2.05, 4.69) is 51.8 Å². The monoisotopic (exact) mass is 359 g/mol. The van der Waals surface area contributed by atoms with Crippen molar-refractivity contribution in [1.82, 2.24) is 4.90 Å². The molecule has 0 spiro atoms. The third kappa shape index (κ3) is 4.47. The highest BCUT2D eigenvalue weighted by atomic mass is 16.5. The first-order valence-electron chi connectivity index (χ1n) is 9.56. The Morgan fingerprint density at radius 1 is 0.889 bits per heavy atom. The fourth-order valence-corrected chi connectivity index (χ4v) is 3.62. The highest BCUT2D eigenvalue weighted by Crippen LogP contribution is 2.35. The summed E-state index contributed by atoms with van der Waals surface area (Å²) in [5.41, 5.74) is 9.40. The van der Waals surface area contributed by atoms with Gasteiger partial charge in [0.25, 0.3) is 0 Å². The Bertz CT molecular complexity index is 834. The van der Waals surface area contributed by atoms with E-state index in [0.717, 1.165) is 44.8 Å². The number of hydrazone groups is 1. The average molecular weight is 359 g/mol. The van der Waals surface area contributed by atoms with Crippen LogP contribution in [0.15, 0.2) is 82.6 Å². The highest BCUT2D eigenvalue weighted by molar-refractivity contribution is 5.84. The standard InChI is InChI=1S/C23H25N3O/c1-3-7-19(8-4-1)17-20-11-12-21(23(20)26-13-15-27-16-14-26)18-24-25-22-9-5-2-6-10-22/h1-10,17-18,25H,11-16H2/b20-17+,24-18-. The van der Waals surface area contributed by atoms with Gasteiger partial charge in [-0.25, -0.2) is 0 Å². The topological polar surface area (TPSA) is 36.9 Å². The van der Waals surface area contributed by atoms with Crippen LogP contribution in [0.1, 0.15) is 18.4 Å². The number of hydrogen-bond acceptors (Lipinski definition) is 4. The molecule has 1 aliphatic heterocycles. The number of benzene rings is 2. The summed E-state index contributed by atoms with van der Waals surface area (Å²) >= 11 is 0. The van der Waals surface area contributed by atoms with E-state index in [-0.39, 0.29) is 0 Å². The number of nitrogens with one attached hydrogen (secondary N) is 1. The van der Waals surface area contributed by atoms with Gasteiger partial charge in [-0.1, -0.05) is 48.5 Å². The first-order valence-corrected chi connectivity index (χ1v) is 9.56. The second-order valence-electron chi connectivity index (χ2n) is 6.79. The van der Waals surface area contributed by atoms with E-state index >= 15 is 0 Å². The van der Waals surface area contributed by atoms with Crippen molar-refractivity contribution in [3.05, 3.63) is 83.1 Å².